The van der Waals surface area contributed by atoms with Crippen LogP contribution in [0.2, 0.25) is 5.02 Å². The van der Waals surface area contributed by atoms with Gasteiger partial charge in [0.2, 0.25) is 0 Å². The quantitative estimate of drug-likeness (QED) is 0.495. The Morgan fingerprint density at radius 1 is 1.05 bits per heavy atom. The normalized spacial score (nSPS) is 13.4. The molecule has 0 atom stereocenters. The van der Waals surface area contributed by atoms with Gasteiger partial charge in [-0.15, -0.1) is 0 Å². The average molecular weight is 317 g/mol. The van der Waals surface area contributed by atoms with Crippen molar-refractivity contribution in [1.82, 2.24) is 4.90 Å². The van der Waals surface area contributed by atoms with Crippen molar-refractivity contribution in [2.75, 3.05) is 0 Å². The SMILES string of the molecule is O=C1c2ccccc2C(=O)N1Cc1ccc(Cl)c([N+](=O)[O-])c1. The monoisotopic (exact) mass is 316 g/mol. The summed E-state index contributed by atoms with van der Waals surface area (Å²) in [7, 11) is 0. The molecule has 0 aromatic heterocycles. The average Bonchev–Trinajstić information content (AvgIpc) is 2.74. The molecule has 0 saturated heterocycles. The zero-order valence-corrected chi connectivity index (χ0v) is 11.9. The third-order valence-corrected chi connectivity index (χ3v) is 3.75. The molecule has 7 heteroatoms. The lowest BCUT2D eigenvalue weighted by atomic mass is 10.1. The molecule has 22 heavy (non-hydrogen) atoms. The first-order chi connectivity index (χ1) is 10.5. The zero-order valence-electron chi connectivity index (χ0n) is 11.2. The zero-order chi connectivity index (χ0) is 15.9. The van der Waals surface area contributed by atoms with Crippen molar-refractivity contribution in [1.29, 1.82) is 0 Å². The van der Waals surface area contributed by atoms with Gasteiger partial charge in [0.15, 0.2) is 0 Å². The number of fused-ring (bicyclic) bond motifs is 1. The number of carbonyl (C=O) groups is 2. The highest BCUT2D eigenvalue weighted by molar-refractivity contribution is 6.32. The summed E-state index contributed by atoms with van der Waals surface area (Å²) in [5.41, 5.74) is 0.897. The highest BCUT2D eigenvalue weighted by atomic mass is 35.5. The van der Waals surface area contributed by atoms with Gasteiger partial charge >= 0.3 is 0 Å². The summed E-state index contributed by atoms with van der Waals surface area (Å²) in [5, 5.41) is 10.9. The summed E-state index contributed by atoms with van der Waals surface area (Å²) in [5.74, 6) is -0.809. The van der Waals surface area contributed by atoms with E-state index in [0.717, 1.165) is 4.90 Å². The van der Waals surface area contributed by atoms with Crippen molar-refractivity contribution < 1.29 is 14.5 Å². The van der Waals surface area contributed by atoms with Crippen molar-refractivity contribution in [3.8, 4) is 0 Å². The largest absolute Gasteiger partial charge is 0.288 e. The summed E-state index contributed by atoms with van der Waals surface area (Å²) in [6, 6.07) is 10.7. The van der Waals surface area contributed by atoms with Crippen LogP contribution in [0.25, 0.3) is 0 Å². The van der Waals surface area contributed by atoms with Gasteiger partial charge < -0.3 is 0 Å². The van der Waals surface area contributed by atoms with E-state index in [9.17, 15) is 19.7 Å². The maximum Gasteiger partial charge on any atom is 0.288 e. The van der Waals surface area contributed by atoms with Crippen LogP contribution in [-0.4, -0.2) is 21.6 Å². The molecule has 110 valence electrons. The number of rotatable bonds is 3. The van der Waals surface area contributed by atoms with E-state index in [1.54, 1.807) is 30.3 Å². The minimum atomic E-state index is -0.603. The Balaban J connectivity index is 1.92. The van der Waals surface area contributed by atoms with E-state index in [0.29, 0.717) is 16.7 Å². The topological polar surface area (TPSA) is 80.5 Å². The molecule has 1 aliphatic rings. The summed E-state index contributed by atoms with van der Waals surface area (Å²) in [6.45, 7) is -0.0373. The Labute approximate surface area is 130 Å². The molecule has 0 aliphatic carbocycles. The van der Waals surface area contributed by atoms with Crippen molar-refractivity contribution in [2.45, 2.75) is 6.54 Å². The molecule has 2 aromatic rings. The minimum Gasteiger partial charge on any atom is -0.270 e. The molecule has 3 rings (SSSR count). The fraction of sp³-hybridized carbons (Fsp3) is 0.0667. The molecule has 0 spiro atoms. The number of carbonyl (C=O) groups excluding carboxylic acids is 2. The summed E-state index contributed by atoms with van der Waals surface area (Å²) < 4.78 is 0. The van der Waals surface area contributed by atoms with Crippen molar-refractivity contribution in [3.05, 3.63) is 74.3 Å². The standard InChI is InChI=1S/C15H9ClN2O4/c16-12-6-5-9(7-13(12)18(21)22)8-17-14(19)10-3-1-2-4-11(10)15(17)20/h1-7H,8H2. The second-order valence-corrected chi connectivity index (χ2v) is 5.19. The number of nitrogens with zero attached hydrogens (tertiary/aromatic N) is 2. The van der Waals surface area contributed by atoms with Crippen LogP contribution in [0.15, 0.2) is 42.5 Å². The first-order valence-corrected chi connectivity index (χ1v) is 6.75. The second-order valence-electron chi connectivity index (χ2n) is 4.78. The predicted octanol–water partition coefficient (Wildman–Crippen LogP) is 3.04. The van der Waals surface area contributed by atoms with Crippen LogP contribution in [0.5, 0.6) is 0 Å². The number of benzene rings is 2. The molecule has 0 N–H and O–H groups in total. The number of nitro groups is 1. The van der Waals surface area contributed by atoms with E-state index in [4.69, 9.17) is 11.6 Å². The van der Waals surface area contributed by atoms with Gasteiger partial charge in [0.05, 0.1) is 22.6 Å². The highest BCUT2D eigenvalue weighted by Gasteiger charge is 2.35. The van der Waals surface area contributed by atoms with E-state index in [1.807, 2.05) is 0 Å². The Morgan fingerprint density at radius 2 is 1.64 bits per heavy atom. The van der Waals surface area contributed by atoms with E-state index < -0.39 is 16.7 Å². The fourth-order valence-electron chi connectivity index (χ4n) is 2.36. The third-order valence-electron chi connectivity index (χ3n) is 3.43. The summed E-state index contributed by atoms with van der Waals surface area (Å²) in [6.07, 6.45) is 0. The van der Waals surface area contributed by atoms with Gasteiger partial charge in [-0.25, -0.2) is 0 Å². The number of halogens is 1. The van der Waals surface area contributed by atoms with Crippen LogP contribution < -0.4 is 0 Å². The maximum atomic E-state index is 12.2. The van der Waals surface area contributed by atoms with Crippen molar-refractivity contribution in [2.24, 2.45) is 0 Å². The molecule has 2 amide bonds. The molecule has 0 radical (unpaired) electrons. The Morgan fingerprint density at radius 3 is 2.18 bits per heavy atom. The van der Waals surface area contributed by atoms with Crippen LogP contribution >= 0.6 is 11.6 Å². The Kier molecular flexibility index (Phi) is 3.38. The van der Waals surface area contributed by atoms with Gasteiger partial charge in [0, 0.05) is 6.07 Å². The predicted molar refractivity (Wildman–Crippen MR) is 78.8 cm³/mol. The molecule has 0 fully saturated rings. The molecule has 2 aromatic carbocycles. The van der Waals surface area contributed by atoms with E-state index in [1.165, 1.54) is 12.1 Å². The van der Waals surface area contributed by atoms with E-state index in [-0.39, 0.29) is 17.3 Å². The highest BCUT2D eigenvalue weighted by Crippen LogP contribution is 2.28. The molecule has 1 heterocycles. The molecule has 1 aliphatic heterocycles. The fourth-order valence-corrected chi connectivity index (χ4v) is 2.55. The van der Waals surface area contributed by atoms with Crippen LogP contribution in [0.3, 0.4) is 0 Å². The number of hydrogen-bond donors (Lipinski definition) is 0. The van der Waals surface area contributed by atoms with Crippen LogP contribution in [0.1, 0.15) is 26.3 Å². The number of nitro benzene ring substituents is 1. The first kappa shape index (κ1) is 14.2. The number of amides is 2. The molecule has 6 nitrogen and oxygen atoms in total. The van der Waals surface area contributed by atoms with Gasteiger partial charge in [0.25, 0.3) is 17.5 Å². The lowest BCUT2D eigenvalue weighted by Crippen LogP contribution is -2.29. The lowest BCUT2D eigenvalue weighted by molar-refractivity contribution is -0.384. The summed E-state index contributed by atoms with van der Waals surface area (Å²) >= 11 is 5.75. The third kappa shape index (κ3) is 2.23. The Bertz CT molecular complexity index is 784. The molecule has 0 unspecified atom stereocenters. The van der Waals surface area contributed by atoms with E-state index >= 15 is 0 Å². The molecule has 0 saturated carbocycles. The summed E-state index contributed by atoms with van der Waals surface area (Å²) in [4.78, 5) is 35.8. The van der Waals surface area contributed by atoms with Crippen LogP contribution in [-0.2, 0) is 6.54 Å². The first-order valence-electron chi connectivity index (χ1n) is 6.37. The number of hydrogen-bond acceptors (Lipinski definition) is 4. The molecular weight excluding hydrogens is 308 g/mol. The van der Waals surface area contributed by atoms with Crippen molar-refractivity contribution in [3.63, 3.8) is 0 Å². The van der Waals surface area contributed by atoms with Gasteiger partial charge in [-0.2, -0.15) is 0 Å². The van der Waals surface area contributed by atoms with Gasteiger partial charge in [-0.1, -0.05) is 29.8 Å². The smallest absolute Gasteiger partial charge is 0.270 e. The molecular formula is C15H9ClN2O4. The molecule has 0 bridgehead atoms. The van der Waals surface area contributed by atoms with Crippen LogP contribution in [0.4, 0.5) is 5.69 Å². The number of imide groups is 1. The Hall–Kier alpha value is -2.73. The maximum absolute atomic E-state index is 12.2. The minimum absolute atomic E-state index is 0.0103. The lowest BCUT2D eigenvalue weighted by Gasteiger charge is -2.13. The van der Waals surface area contributed by atoms with E-state index in [2.05, 4.69) is 0 Å². The van der Waals surface area contributed by atoms with Gasteiger partial charge in [0.1, 0.15) is 5.02 Å². The van der Waals surface area contributed by atoms with Crippen LogP contribution in [0, 0.1) is 10.1 Å². The second kappa shape index (κ2) is 5.23. The van der Waals surface area contributed by atoms with Gasteiger partial charge in [-0.05, 0) is 23.8 Å². The van der Waals surface area contributed by atoms with Crippen molar-refractivity contribution >= 4 is 29.1 Å². The van der Waals surface area contributed by atoms with Gasteiger partial charge in [-0.3, -0.25) is 24.6 Å².